The molecule has 3 aromatic rings. The maximum absolute atomic E-state index is 15.4. The Morgan fingerprint density at radius 1 is 1.21 bits per heavy atom. The SMILES string of the molecule is COc1c(N2C[C@H](Nc3nnc(-c4ccc(OC(F)F)nc4)o3)[C@H]2C)ccc(C2CCC(=O)NC2=O)c1F. The van der Waals surface area contributed by atoms with Crippen molar-refractivity contribution < 1.29 is 36.7 Å². The normalized spacial score (nSPS) is 21.2. The van der Waals surface area contributed by atoms with Crippen LogP contribution in [0.2, 0.25) is 0 Å². The van der Waals surface area contributed by atoms with Crippen molar-refractivity contribution in [2.24, 2.45) is 0 Å². The van der Waals surface area contributed by atoms with Crippen LogP contribution in [0.3, 0.4) is 0 Å². The molecule has 200 valence electrons. The monoisotopic (exact) mass is 532 g/mol. The van der Waals surface area contributed by atoms with Gasteiger partial charge in [-0.15, -0.1) is 5.10 Å². The number of imide groups is 1. The number of alkyl halides is 2. The Morgan fingerprint density at radius 3 is 2.68 bits per heavy atom. The Hall–Kier alpha value is -4.36. The Morgan fingerprint density at radius 2 is 2.03 bits per heavy atom. The summed E-state index contributed by atoms with van der Waals surface area (Å²) in [4.78, 5) is 29.4. The quantitative estimate of drug-likeness (QED) is 0.417. The lowest BCUT2D eigenvalue weighted by Crippen LogP contribution is -2.62. The average Bonchev–Trinajstić information content (AvgIpc) is 3.35. The molecular formula is C24H23F3N6O5. The van der Waals surface area contributed by atoms with Gasteiger partial charge in [0.25, 0.3) is 5.89 Å². The van der Waals surface area contributed by atoms with E-state index in [1.807, 2.05) is 11.8 Å². The van der Waals surface area contributed by atoms with Crippen LogP contribution in [0.4, 0.5) is 24.9 Å². The van der Waals surface area contributed by atoms with Gasteiger partial charge in [-0.3, -0.25) is 14.9 Å². The Labute approximate surface area is 214 Å². The van der Waals surface area contributed by atoms with Crippen molar-refractivity contribution in [3.05, 3.63) is 41.8 Å². The highest BCUT2D eigenvalue weighted by Crippen LogP contribution is 2.41. The molecule has 0 aliphatic carbocycles. The number of methoxy groups -OCH3 is 1. The molecule has 1 unspecified atom stereocenters. The van der Waals surface area contributed by atoms with Crippen LogP contribution in [0.15, 0.2) is 34.9 Å². The number of ether oxygens (including phenoxy) is 2. The molecule has 2 aliphatic rings. The van der Waals surface area contributed by atoms with E-state index in [0.29, 0.717) is 17.8 Å². The second-order valence-corrected chi connectivity index (χ2v) is 8.84. The van der Waals surface area contributed by atoms with Crippen LogP contribution >= 0.6 is 0 Å². The van der Waals surface area contributed by atoms with Crippen molar-refractivity contribution >= 4 is 23.5 Å². The Balaban J connectivity index is 1.25. The van der Waals surface area contributed by atoms with E-state index in [2.05, 4.69) is 30.6 Å². The summed E-state index contributed by atoms with van der Waals surface area (Å²) in [6.45, 7) is -0.584. The summed E-state index contributed by atoms with van der Waals surface area (Å²) in [6, 6.07) is 5.90. The van der Waals surface area contributed by atoms with Gasteiger partial charge in [0.15, 0.2) is 11.6 Å². The minimum Gasteiger partial charge on any atom is -0.492 e. The Kier molecular flexibility index (Phi) is 6.78. The van der Waals surface area contributed by atoms with E-state index in [1.165, 1.54) is 25.4 Å². The average molecular weight is 532 g/mol. The number of halogens is 3. The Bertz CT molecular complexity index is 1350. The fraction of sp³-hybridized carbons (Fsp3) is 0.375. The van der Waals surface area contributed by atoms with E-state index in [-0.39, 0.29) is 59.9 Å². The molecule has 0 saturated carbocycles. The third-order valence-corrected chi connectivity index (χ3v) is 6.63. The third-order valence-electron chi connectivity index (χ3n) is 6.63. The van der Waals surface area contributed by atoms with Crippen LogP contribution < -0.4 is 25.0 Å². The molecule has 2 fully saturated rings. The zero-order valence-corrected chi connectivity index (χ0v) is 20.3. The highest BCUT2D eigenvalue weighted by atomic mass is 19.3. The molecule has 1 aromatic carbocycles. The highest BCUT2D eigenvalue weighted by molar-refractivity contribution is 6.01. The first-order valence-electron chi connectivity index (χ1n) is 11.7. The molecule has 0 spiro atoms. The van der Waals surface area contributed by atoms with Gasteiger partial charge < -0.3 is 24.1 Å². The molecule has 2 amide bonds. The van der Waals surface area contributed by atoms with Crippen LogP contribution in [0, 0.1) is 5.82 Å². The number of pyridine rings is 1. The van der Waals surface area contributed by atoms with Crippen LogP contribution in [0.1, 0.15) is 31.2 Å². The van der Waals surface area contributed by atoms with E-state index < -0.39 is 24.3 Å². The molecular weight excluding hydrogens is 509 g/mol. The maximum Gasteiger partial charge on any atom is 0.388 e. The van der Waals surface area contributed by atoms with Gasteiger partial charge in [0.05, 0.1) is 30.3 Å². The predicted molar refractivity (Wildman–Crippen MR) is 126 cm³/mol. The fourth-order valence-corrected chi connectivity index (χ4v) is 4.56. The third kappa shape index (κ3) is 4.80. The number of carbonyl (C=O) groups is 2. The summed E-state index contributed by atoms with van der Waals surface area (Å²) in [5.74, 6) is -2.38. The number of benzene rings is 1. The minimum absolute atomic E-state index is 0.0179. The second kappa shape index (κ2) is 10.2. The van der Waals surface area contributed by atoms with Gasteiger partial charge in [-0.2, -0.15) is 8.78 Å². The summed E-state index contributed by atoms with van der Waals surface area (Å²) in [7, 11) is 1.36. The smallest absolute Gasteiger partial charge is 0.388 e. The molecule has 0 radical (unpaired) electrons. The lowest BCUT2D eigenvalue weighted by Gasteiger charge is -2.48. The summed E-state index contributed by atoms with van der Waals surface area (Å²) >= 11 is 0. The molecule has 2 N–H and O–H groups in total. The van der Waals surface area contributed by atoms with E-state index >= 15 is 4.39 Å². The van der Waals surface area contributed by atoms with Crippen molar-refractivity contribution in [2.45, 2.75) is 44.4 Å². The largest absolute Gasteiger partial charge is 0.492 e. The summed E-state index contributed by atoms with van der Waals surface area (Å²) in [5.41, 5.74) is 1.13. The number of rotatable bonds is 8. The van der Waals surface area contributed by atoms with Crippen LogP contribution in [0.25, 0.3) is 11.5 Å². The maximum atomic E-state index is 15.4. The first kappa shape index (κ1) is 25.3. The van der Waals surface area contributed by atoms with Gasteiger partial charge in [-0.25, -0.2) is 9.37 Å². The molecule has 38 heavy (non-hydrogen) atoms. The van der Waals surface area contributed by atoms with Gasteiger partial charge in [0.1, 0.15) is 0 Å². The molecule has 3 atom stereocenters. The van der Waals surface area contributed by atoms with Crippen molar-refractivity contribution in [1.82, 2.24) is 20.5 Å². The molecule has 14 heteroatoms. The van der Waals surface area contributed by atoms with E-state index in [1.54, 1.807) is 12.1 Å². The van der Waals surface area contributed by atoms with E-state index in [9.17, 15) is 18.4 Å². The summed E-state index contributed by atoms with van der Waals surface area (Å²) < 4.78 is 55.2. The predicted octanol–water partition coefficient (Wildman–Crippen LogP) is 3.09. The van der Waals surface area contributed by atoms with Gasteiger partial charge in [-0.1, -0.05) is 11.2 Å². The standard InChI is InChI=1S/C24H23F3N6O5/c1-11-15(29-24-32-31-22(38-24)12-3-8-18(28-9-12)37-23(26)27)10-33(11)16-6-4-13(19(25)20(16)36-2)14-5-7-17(34)30-21(14)35/h3-4,6,8-9,11,14-15,23H,5,7,10H2,1-2H3,(H,29,32)(H,30,34,35)/t11-,14?,15+/m1/s1. The molecule has 5 rings (SSSR count). The van der Waals surface area contributed by atoms with Crippen LogP contribution in [-0.2, 0) is 9.59 Å². The molecule has 2 aliphatic heterocycles. The highest BCUT2D eigenvalue weighted by Gasteiger charge is 2.39. The van der Waals surface area contributed by atoms with Crippen LogP contribution in [-0.4, -0.2) is 59.3 Å². The summed E-state index contributed by atoms with van der Waals surface area (Å²) in [5, 5.41) is 13.3. The van der Waals surface area contributed by atoms with Crippen molar-refractivity contribution in [3.8, 4) is 23.1 Å². The number of hydrogen-bond donors (Lipinski definition) is 2. The zero-order valence-electron chi connectivity index (χ0n) is 20.3. The number of nitrogens with one attached hydrogen (secondary N) is 2. The van der Waals surface area contributed by atoms with Gasteiger partial charge in [0.2, 0.25) is 17.7 Å². The van der Waals surface area contributed by atoms with Gasteiger partial charge >= 0.3 is 12.6 Å². The molecule has 0 bridgehead atoms. The van der Waals surface area contributed by atoms with E-state index in [0.717, 1.165) is 0 Å². The number of anilines is 2. The van der Waals surface area contributed by atoms with Crippen LogP contribution in [0.5, 0.6) is 11.6 Å². The van der Waals surface area contributed by atoms with Gasteiger partial charge in [-0.05, 0) is 25.5 Å². The zero-order chi connectivity index (χ0) is 27.0. The molecule has 11 nitrogen and oxygen atoms in total. The first-order chi connectivity index (χ1) is 18.2. The van der Waals surface area contributed by atoms with Crippen molar-refractivity contribution in [3.63, 3.8) is 0 Å². The van der Waals surface area contributed by atoms with Gasteiger partial charge in [0, 0.05) is 36.8 Å². The fourth-order valence-electron chi connectivity index (χ4n) is 4.56. The first-order valence-corrected chi connectivity index (χ1v) is 11.7. The lowest BCUT2D eigenvalue weighted by molar-refractivity contribution is -0.134. The number of hydrogen-bond acceptors (Lipinski definition) is 10. The molecule has 2 aromatic heterocycles. The topological polar surface area (TPSA) is 132 Å². The second-order valence-electron chi connectivity index (χ2n) is 8.84. The number of nitrogens with zero attached hydrogens (tertiary/aromatic N) is 4. The van der Waals surface area contributed by atoms with E-state index in [4.69, 9.17) is 9.15 Å². The number of aromatic nitrogens is 3. The minimum atomic E-state index is -2.98. The van der Waals surface area contributed by atoms with Crippen molar-refractivity contribution in [1.29, 1.82) is 0 Å². The number of carbonyl (C=O) groups excluding carboxylic acids is 2. The summed E-state index contributed by atoms with van der Waals surface area (Å²) in [6.07, 6.45) is 1.65. The molecule has 2 saturated heterocycles. The lowest BCUT2D eigenvalue weighted by atomic mass is 9.89. The van der Waals surface area contributed by atoms with Crippen molar-refractivity contribution in [2.75, 3.05) is 23.9 Å². The number of amides is 2. The number of piperidine rings is 1. The molecule has 4 heterocycles.